The van der Waals surface area contributed by atoms with Crippen LogP contribution in [0.25, 0.3) is 5.69 Å². The summed E-state index contributed by atoms with van der Waals surface area (Å²) < 4.78 is 13.8. The maximum atomic E-state index is 13.4. The maximum Gasteiger partial charge on any atom is 0.254 e. The second-order valence-corrected chi connectivity index (χ2v) is 8.46. The first-order valence-corrected chi connectivity index (χ1v) is 11.8. The van der Waals surface area contributed by atoms with E-state index in [1.807, 2.05) is 97.6 Å². The standard InChI is InChI=1S/C29H31N3O3/c1-5-19-31(28(33)23-17-15-21(2)16-18-23)20-25-22(3)30-32(24-11-7-6-8-12-24)29(25)35-27-14-10-9-13-26(27)34-4/h6-18H,5,19-20H2,1-4H3. The van der Waals surface area contributed by atoms with E-state index in [1.165, 1.54) is 0 Å². The number of carbonyl (C=O) groups excluding carboxylic acids is 1. The average molecular weight is 470 g/mol. The van der Waals surface area contributed by atoms with Gasteiger partial charge in [-0.25, -0.2) is 4.68 Å². The van der Waals surface area contributed by atoms with Gasteiger partial charge in [-0.15, -0.1) is 0 Å². The maximum absolute atomic E-state index is 13.4. The minimum atomic E-state index is -0.0121. The number of hydrogen-bond acceptors (Lipinski definition) is 4. The summed E-state index contributed by atoms with van der Waals surface area (Å²) in [5, 5.41) is 4.80. The van der Waals surface area contributed by atoms with Gasteiger partial charge in [-0.05, 0) is 56.7 Å². The molecule has 6 heteroatoms. The van der Waals surface area contributed by atoms with Crippen LogP contribution >= 0.6 is 0 Å². The van der Waals surface area contributed by atoms with E-state index in [9.17, 15) is 4.79 Å². The topological polar surface area (TPSA) is 56.6 Å². The first-order chi connectivity index (χ1) is 17.0. The molecule has 0 saturated heterocycles. The molecule has 6 nitrogen and oxygen atoms in total. The molecule has 0 bridgehead atoms. The van der Waals surface area contributed by atoms with Crippen molar-refractivity contribution in [3.8, 4) is 23.1 Å². The van der Waals surface area contributed by atoms with Crippen LogP contribution in [0.15, 0.2) is 78.9 Å². The van der Waals surface area contributed by atoms with E-state index in [2.05, 4.69) is 6.92 Å². The molecule has 0 fully saturated rings. The molecule has 0 saturated carbocycles. The molecule has 0 atom stereocenters. The average Bonchev–Trinajstić information content (AvgIpc) is 3.19. The van der Waals surface area contributed by atoms with Crippen molar-refractivity contribution in [3.05, 3.63) is 101 Å². The van der Waals surface area contributed by atoms with Crippen molar-refractivity contribution in [2.45, 2.75) is 33.7 Å². The molecule has 1 heterocycles. The van der Waals surface area contributed by atoms with Crippen molar-refractivity contribution >= 4 is 5.91 Å². The molecular weight excluding hydrogens is 438 g/mol. The monoisotopic (exact) mass is 469 g/mol. The van der Waals surface area contributed by atoms with Gasteiger partial charge in [0.2, 0.25) is 5.88 Å². The molecule has 0 spiro atoms. The minimum Gasteiger partial charge on any atom is -0.493 e. The van der Waals surface area contributed by atoms with Crippen LogP contribution in [-0.4, -0.2) is 34.2 Å². The smallest absolute Gasteiger partial charge is 0.254 e. The summed E-state index contributed by atoms with van der Waals surface area (Å²) in [6.45, 7) is 7.04. The van der Waals surface area contributed by atoms with Crippen molar-refractivity contribution in [1.29, 1.82) is 0 Å². The SMILES string of the molecule is CCCN(Cc1c(C)nn(-c2ccccc2)c1Oc1ccccc1OC)C(=O)c1ccc(C)cc1. The molecular formula is C29H31N3O3. The molecule has 0 aliphatic heterocycles. The number of aryl methyl sites for hydroxylation is 2. The summed E-state index contributed by atoms with van der Waals surface area (Å²) in [4.78, 5) is 15.3. The Hall–Kier alpha value is -4.06. The normalized spacial score (nSPS) is 10.7. The molecule has 0 radical (unpaired) electrons. The lowest BCUT2D eigenvalue weighted by molar-refractivity contribution is 0.0742. The predicted molar refractivity (Wildman–Crippen MR) is 138 cm³/mol. The highest BCUT2D eigenvalue weighted by atomic mass is 16.5. The van der Waals surface area contributed by atoms with Crippen LogP contribution in [0.4, 0.5) is 0 Å². The number of rotatable bonds is 9. The Bertz CT molecular complexity index is 1280. The molecule has 0 aliphatic carbocycles. The van der Waals surface area contributed by atoms with Gasteiger partial charge in [0.05, 0.1) is 30.6 Å². The molecule has 4 rings (SSSR count). The van der Waals surface area contributed by atoms with Gasteiger partial charge in [-0.3, -0.25) is 4.79 Å². The second kappa shape index (κ2) is 10.9. The van der Waals surface area contributed by atoms with Crippen LogP contribution in [0, 0.1) is 13.8 Å². The number of benzene rings is 3. The molecule has 3 aromatic carbocycles. The molecule has 180 valence electrons. The van der Waals surface area contributed by atoms with E-state index in [0.717, 1.165) is 28.9 Å². The summed E-state index contributed by atoms with van der Waals surface area (Å²) in [5.41, 5.74) is 4.32. The summed E-state index contributed by atoms with van der Waals surface area (Å²) in [7, 11) is 1.62. The Labute approximate surface area is 206 Å². The van der Waals surface area contributed by atoms with Gasteiger partial charge in [0, 0.05) is 12.1 Å². The third-order valence-corrected chi connectivity index (χ3v) is 5.84. The number of ether oxygens (including phenoxy) is 2. The van der Waals surface area contributed by atoms with Crippen molar-refractivity contribution in [2.24, 2.45) is 0 Å². The Morgan fingerprint density at radius 2 is 1.57 bits per heavy atom. The molecule has 35 heavy (non-hydrogen) atoms. The molecule has 4 aromatic rings. The third-order valence-electron chi connectivity index (χ3n) is 5.84. The third kappa shape index (κ3) is 5.38. The van der Waals surface area contributed by atoms with Gasteiger partial charge < -0.3 is 14.4 Å². The number of para-hydroxylation sites is 3. The fourth-order valence-electron chi connectivity index (χ4n) is 3.97. The number of amides is 1. The summed E-state index contributed by atoms with van der Waals surface area (Å²) in [6, 6.07) is 25.1. The van der Waals surface area contributed by atoms with Crippen molar-refractivity contribution < 1.29 is 14.3 Å². The highest BCUT2D eigenvalue weighted by Gasteiger charge is 2.24. The molecule has 1 aromatic heterocycles. The van der Waals surface area contributed by atoms with Gasteiger partial charge >= 0.3 is 0 Å². The van der Waals surface area contributed by atoms with Crippen molar-refractivity contribution in [2.75, 3.05) is 13.7 Å². The van der Waals surface area contributed by atoms with Crippen LogP contribution in [0.1, 0.15) is 40.5 Å². The fourth-order valence-corrected chi connectivity index (χ4v) is 3.97. The first-order valence-electron chi connectivity index (χ1n) is 11.8. The lowest BCUT2D eigenvalue weighted by Crippen LogP contribution is -2.31. The number of nitrogens with zero attached hydrogens (tertiary/aromatic N) is 3. The summed E-state index contributed by atoms with van der Waals surface area (Å²) >= 11 is 0. The highest BCUT2D eigenvalue weighted by molar-refractivity contribution is 5.94. The lowest BCUT2D eigenvalue weighted by Gasteiger charge is -2.23. The van der Waals surface area contributed by atoms with Crippen molar-refractivity contribution in [3.63, 3.8) is 0 Å². The van der Waals surface area contributed by atoms with Crippen LogP contribution in [0.3, 0.4) is 0 Å². The number of methoxy groups -OCH3 is 1. The fraction of sp³-hybridized carbons (Fsp3) is 0.241. The van der Waals surface area contributed by atoms with E-state index in [4.69, 9.17) is 14.6 Å². The number of carbonyl (C=O) groups is 1. The second-order valence-electron chi connectivity index (χ2n) is 8.46. The van der Waals surface area contributed by atoms with Crippen LogP contribution in [-0.2, 0) is 6.54 Å². The van der Waals surface area contributed by atoms with Crippen LogP contribution in [0.5, 0.6) is 17.4 Å². The quantitative estimate of drug-likeness (QED) is 0.287. The summed E-state index contributed by atoms with van der Waals surface area (Å²) in [5.74, 6) is 1.76. The number of hydrogen-bond donors (Lipinski definition) is 0. The van der Waals surface area contributed by atoms with Gasteiger partial charge in [0.25, 0.3) is 5.91 Å². The summed E-state index contributed by atoms with van der Waals surface area (Å²) in [6.07, 6.45) is 0.839. The largest absolute Gasteiger partial charge is 0.493 e. The Morgan fingerprint density at radius 3 is 2.23 bits per heavy atom. The van der Waals surface area contributed by atoms with Gasteiger partial charge in [-0.2, -0.15) is 5.10 Å². The molecule has 0 aliphatic rings. The van der Waals surface area contributed by atoms with Crippen LogP contribution in [0.2, 0.25) is 0 Å². The van der Waals surface area contributed by atoms with E-state index in [1.54, 1.807) is 11.8 Å². The van der Waals surface area contributed by atoms with E-state index >= 15 is 0 Å². The van der Waals surface area contributed by atoms with Crippen LogP contribution < -0.4 is 9.47 Å². The molecule has 0 N–H and O–H groups in total. The predicted octanol–water partition coefficient (Wildman–Crippen LogP) is 6.34. The minimum absolute atomic E-state index is 0.0121. The Morgan fingerprint density at radius 1 is 0.914 bits per heavy atom. The van der Waals surface area contributed by atoms with E-state index < -0.39 is 0 Å². The van der Waals surface area contributed by atoms with E-state index in [-0.39, 0.29) is 5.91 Å². The zero-order valence-electron chi connectivity index (χ0n) is 20.7. The molecule has 1 amide bonds. The van der Waals surface area contributed by atoms with Gasteiger partial charge in [-0.1, -0.05) is 55.0 Å². The Kier molecular flexibility index (Phi) is 7.51. The van der Waals surface area contributed by atoms with Crippen molar-refractivity contribution in [1.82, 2.24) is 14.7 Å². The molecule has 0 unspecified atom stereocenters. The Balaban J connectivity index is 1.77. The zero-order valence-corrected chi connectivity index (χ0v) is 20.7. The first kappa shape index (κ1) is 24.1. The van der Waals surface area contributed by atoms with Gasteiger partial charge in [0.15, 0.2) is 11.5 Å². The van der Waals surface area contributed by atoms with E-state index in [0.29, 0.717) is 36.0 Å². The lowest BCUT2D eigenvalue weighted by atomic mass is 10.1. The number of aromatic nitrogens is 2. The van der Waals surface area contributed by atoms with Gasteiger partial charge in [0.1, 0.15) is 0 Å². The highest BCUT2D eigenvalue weighted by Crippen LogP contribution is 2.36. The zero-order chi connectivity index (χ0) is 24.8.